The molecular formula is C12H17NO3. The number of benzene rings is 1. The average Bonchev–Trinajstić information content (AvgIpc) is 2.29. The minimum atomic E-state index is -0.196. The van der Waals surface area contributed by atoms with E-state index in [1.165, 1.54) is 7.11 Å². The van der Waals surface area contributed by atoms with Crippen molar-refractivity contribution in [3.63, 3.8) is 0 Å². The molecule has 0 aliphatic heterocycles. The van der Waals surface area contributed by atoms with Crippen molar-refractivity contribution in [3.8, 4) is 11.5 Å². The van der Waals surface area contributed by atoms with E-state index in [0.29, 0.717) is 12.3 Å². The predicted octanol–water partition coefficient (Wildman–Crippen LogP) is 1.88. The third-order valence-corrected chi connectivity index (χ3v) is 2.36. The Morgan fingerprint density at radius 2 is 2.19 bits per heavy atom. The molecule has 0 atom stereocenters. The number of carbonyl (C=O) groups excluding carboxylic acids is 1. The van der Waals surface area contributed by atoms with Crippen LogP contribution in [-0.2, 0) is 0 Å². The maximum absolute atomic E-state index is 11.9. The van der Waals surface area contributed by atoms with E-state index in [1.807, 2.05) is 6.92 Å². The van der Waals surface area contributed by atoms with Crippen LogP contribution in [0.2, 0.25) is 0 Å². The number of hydrogen-bond donors (Lipinski definition) is 1. The van der Waals surface area contributed by atoms with Gasteiger partial charge in [0.2, 0.25) is 0 Å². The van der Waals surface area contributed by atoms with Gasteiger partial charge in [-0.2, -0.15) is 0 Å². The highest BCUT2D eigenvalue weighted by Gasteiger charge is 2.17. The molecule has 88 valence electrons. The summed E-state index contributed by atoms with van der Waals surface area (Å²) in [6, 6.07) is 4.89. The first-order valence-corrected chi connectivity index (χ1v) is 5.23. The fourth-order valence-corrected chi connectivity index (χ4v) is 1.50. The van der Waals surface area contributed by atoms with Crippen LogP contribution in [0.25, 0.3) is 0 Å². The lowest BCUT2D eigenvalue weighted by Gasteiger charge is -2.17. The summed E-state index contributed by atoms with van der Waals surface area (Å²) in [6.45, 7) is 2.66. The van der Waals surface area contributed by atoms with Gasteiger partial charge in [-0.1, -0.05) is 13.0 Å². The van der Waals surface area contributed by atoms with Crippen LogP contribution in [0, 0.1) is 0 Å². The first kappa shape index (κ1) is 12.4. The molecule has 0 aliphatic carbocycles. The summed E-state index contributed by atoms with van der Waals surface area (Å²) in [7, 11) is 3.17. The highest BCUT2D eigenvalue weighted by atomic mass is 16.5. The van der Waals surface area contributed by atoms with Crippen LogP contribution in [-0.4, -0.2) is 36.6 Å². The van der Waals surface area contributed by atoms with Crippen molar-refractivity contribution >= 4 is 5.91 Å². The third-order valence-electron chi connectivity index (χ3n) is 2.36. The molecule has 4 nitrogen and oxygen atoms in total. The van der Waals surface area contributed by atoms with Gasteiger partial charge in [0.15, 0.2) is 11.5 Å². The number of amides is 1. The van der Waals surface area contributed by atoms with Crippen molar-refractivity contribution in [2.75, 3.05) is 20.7 Å². The first-order valence-electron chi connectivity index (χ1n) is 5.23. The van der Waals surface area contributed by atoms with Gasteiger partial charge in [-0.25, -0.2) is 0 Å². The summed E-state index contributed by atoms with van der Waals surface area (Å²) in [6.07, 6.45) is 0.882. The fraction of sp³-hybridized carbons (Fsp3) is 0.417. The number of aromatic hydroxyl groups is 1. The number of para-hydroxylation sites is 1. The molecule has 16 heavy (non-hydrogen) atoms. The summed E-state index contributed by atoms with van der Waals surface area (Å²) < 4.78 is 4.95. The quantitative estimate of drug-likeness (QED) is 0.847. The van der Waals surface area contributed by atoms with Gasteiger partial charge in [-0.05, 0) is 18.6 Å². The number of nitrogens with zero attached hydrogens (tertiary/aromatic N) is 1. The van der Waals surface area contributed by atoms with Crippen molar-refractivity contribution in [2.45, 2.75) is 13.3 Å². The van der Waals surface area contributed by atoms with Crippen molar-refractivity contribution in [3.05, 3.63) is 23.8 Å². The van der Waals surface area contributed by atoms with Crippen molar-refractivity contribution < 1.29 is 14.6 Å². The summed E-state index contributed by atoms with van der Waals surface area (Å²) >= 11 is 0. The number of phenols is 1. The lowest BCUT2D eigenvalue weighted by atomic mass is 10.1. The normalized spacial score (nSPS) is 9.94. The molecule has 1 N–H and O–H groups in total. The van der Waals surface area contributed by atoms with Crippen LogP contribution < -0.4 is 4.74 Å². The smallest absolute Gasteiger partial charge is 0.257 e. The summed E-state index contributed by atoms with van der Waals surface area (Å²) in [5.41, 5.74) is 0.273. The minimum absolute atomic E-state index is 0.0991. The van der Waals surface area contributed by atoms with E-state index in [1.54, 1.807) is 30.1 Å². The van der Waals surface area contributed by atoms with E-state index in [4.69, 9.17) is 4.74 Å². The van der Waals surface area contributed by atoms with Crippen molar-refractivity contribution in [1.29, 1.82) is 0 Å². The van der Waals surface area contributed by atoms with Crippen LogP contribution in [0.1, 0.15) is 23.7 Å². The van der Waals surface area contributed by atoms with Crippen LogP contribution in [0.3, 0.4) is 0 Å². The SMILES string of the molecule is CCCN(C)C(=O)c1cccc(OC)c1O. The van der Waals surface area contributed by atoms with E-state index >= 15 is 0 Å². The maximum atomic E-state index is 11.9. The number of rotatable bonds is 4. The van der Waals surface area contributed by atoms with Gasteiger partial charge in [-0.3, -0.25) is 4.79 Å². The van der Waals surface area contributed by atoms with Gasteiger partial charge < -0.3 is 14.7 Å². The highest BCUT2D eigenvalue weighted by Crippen LogP contribution is 2.29. The Labute approximate surface area is 95.5 Å². The second kappa shape index (κ2) is 5.39. The lowest BCUT2D eigenvalue weighted by molar-refractivity contribution is 0.0791. The van der Waals surface area contributed by atoms with E-state index < -0.39 is 0 Å². The van der Waals surface area contributed by atoms with Gasteiger partial charge in [0.05, 0.1) is 12.7 Å². The Morgan fingerprint density at radius 1 is 1.50 bits per heavy atom. The summed E-state index contributed by atoms with van der Waals surface area (Å²) in [5.74, 6) is 0.0203. The zero-order chi connectivity index (χ0) is 12.1. The molecule has 0 bridgehead atoms. The largest absolute Gasteiger partial charge is 0.504 e. The Hall–Kier alpha value is -1.71. The Morgan fingerprint density at radius 3 is 2.75 bits per heavy atom. The first-order chi connectivity index (χ1) is 7.61. The monoisotopic (exact) mass is 223 g/mol. The highest BCUT2D eigenvalue weighted by molar-refractivity contribution is 5.97. The van der Waals surface area contributed by atoms with Crippen LogP contribution >= 0.6 is 0 Å². The van der Waals surface area contributed by atoms with Gasteiger partial charge in [-0.15, -0.1) is 0 Å². The second-order valence-corrected chi connectivity index (χ2v) is 3.58. The number of carbonyl (C=O) groups is 1. The topological polar surface area (TPSA) is 49.8 Å². The lowest BCUT2D eigenvalue weighted by Crippen LogP contribution is -2.27. The van der Waals surface area contributed by atoms with Crippen molar-refractivity contribution in [2.24, 2.45) is 0 Å². The predicted molar refractivity (Wildman–Crippen MR) is 61.9 cm³/mol. The molecule has 0 aromatic heterocycles. The van der Waals surface area contributed by atoms with Gasteiger partial charge in [0, 0.05) is 13.6 Å². The molecule has 0 aliphatic rings. The molecule has 0 saturated heterocycles. The van der Waals surface area contributed by atoms with Crippen LogP contribution in [0.4, 0.5) is 0 Å². The van der Waals surface area contributed by atoms with E-state index in [2.05, 4.69) is 0 Å². The fourth-order valence-electron chi connectivity index (χ4n) is 1.50. The van der Waals surface area contributed by atoms with Crippen LogP contribution in [0.15, 0.2) is 18.2 Å². The van der Waals surface area contributed by atoms with Gasteiger partial charge in [0.25, 0.3) is 5.91 Å². The molecule has 0 heterocycles. The Kier molecular flexibility index (Phi) is 4.17. The van der Waals surface area contributed by atoms with E-state index in [-0.39, 0.29) is 17.2 Å². The summed E-state index contributed by atoms with van der Waals surface area (Å²) in [5, 5.41) is 9.80. The minimum Gasteiger partial charge on any atom is -0.504 e. The molecule has 1 amide bonds. The maximum Gasteiger partial charge on any atom is 0.257 e. The zero-order valence-corrected chi connectivity index (χ0v) is 9.86. The second-order valence-electron chi connectivity index (χ2n) is 3.58. The molecule has 1 aromatic rings. The molecule has 0 unspecified atom stereocenters. The molecule has 0 saturated carbocycles. The molecular weight excluding hydrogens is 206 g/mol. The Bertz CT molecular complexity index is 377. The number of hydrogen-bond acceptors (Lipinski definition) is 3. The van der Waals surface area contributed by atoms with Gasteiger partial charge >= 0.3 is 0 Å². The Balaban J connectivity index is 2.99. The molecule has 0 spiro atoms. The summed E-state index contributed by atoms with van der Waals surface area (Å²) in [4.78, 5) is 13.5. The molecule has 0 radical (unpaired) electrons. The third kappa shape index (κ3) is 2.45. The number of methoxy groups -OCH3 is 1. The van der Waals surface area contributed by atoms with Crippen LogP contribution in [0.5, 0.6) is 11.5 Å². The molecule has 4 heteroatoms. The molecule has 1 aromatic carbocycles. The van der Waals surface area contributed by atoms with Gasteiger partial charge in [0.1, 0.15) is 0 Å². The number of ether oxygens (including phenoxy) is 1. The van der Waals surface area contributed by atoms with Crippen molar-refractivity contribution in [1.82, 2.24) is 4.90 Å². The molecule has 1 rings (SSSR count). The zero-order valence-electron chi connectivity index (χ0n) is 9.86. The standard InChI is InChI=1S/C12H17NO3/c1-4-8-13(2)12(15)9-6-5-7-10(16-3)11(9)14/h5-7,14H,4,8H2,1-3H3. The molecule has 0 fully saturated rings. The van der Waals surface area contributed by atoms with E-state index in [0.717, 1.165) is 6.42 Å². The average molecular weight is 223 g/mol. The van der Waals surface area contributed by atoms with E-state index in [9.17, 15) is 9.90 Å². The number of phenolic OH excluding ortho intramolecular Hbond substituents is 1.